The molecule has 0 aliphatic heterocycles. The van der Waals surface area contributed by atoms with Crippen molar-refractivity contribution < 1.29 is 9.32 Å². The summed E-state index contributed by atoms with van der Waals surface area (Å²) in [6, 6.07) is 1.85. The summed E-state index contributed by atoms with van der Waals surface area (Å²) in [5.41, 5.74) is 8.26. The highest BCUT2D eigenvalue weighted by Gasteiger charge is 2.32. The van der Waals surface area contributed by atoms with Crippen molar-refractivity contribution in [3.63, 3.8) is 0 Å². The van der Waals surface area contributed by atoms with Gasteiger partial charge < -0.3 is 20.6 Å². The Labute approximate surface area is 153 Å². The van der Waals surface area contributed by atoms with Crippen molar-refractivity contribution >= 4 is 11.5 Å². The van der Waals surface area contributed by atoms with Crippen molar-refractivity contribution in [2.45, 2.75) is 45.1 Å². The molecule has 1 fully saturated rings. The molecule has 26 heavy (non-hydrogen) atoms. The van der Waals surface area contributed by atoms with Crippen LogP contribution in [0.25, 0.3) is 5.57 Å². The second-order valence-electron chi connectivity index (χ2n) is 6.98. The Morgan fingerprint density at radius 2 is 2.27 bits per heavy atom. The molecule has 0 radical (unpaired) electrons. The fourth-order valence-corrected chi connectivity index (χ4v) is 3.24. The Morgan fingerprint density at radius 1 is 1.46 bits per heavy atom. The number of hydrazine groups is 1. The van der Waals surface area contributed by atoms with Crippen LogP contribution in [0.1, 0.15) is 55.3 Å². The van der Waals surface area contributed by atoms with Gasteiger partial charge >= 0.3 is 0 Å². The molecule has 1 saturated carbocycles. The molecule has 1 amide bonds. The summed E-state index contributed by atoms with van der Waals surface area (Å²) in [4.78, 5) is 12.3. The van der Waals surface area contributed by atoms with Gasteiger partial charge in [0, 0.05) is 30.5 Å². The summed E-state index contributed by atoms with van der Waals surface area (Å²) >= 11 is 0. The maximum atomic E-state index is 12.3. The molecular formula is C19H27N5O2. The van der Waals surface area contributed by atoms with Gasteiger partial charge in [-0.1, -0.05) is 30.3 Å². The van der Waals surface area contributed by atoms with Gasteiger partial charge in [-0.3, -0.25) is 4.79 Å². The minimum absolute atomic E-state index is 0.149. The molecule has 0 aromatic carbocycles. The number of carbonyl (C=O) groups excluding carboxylic acids is 1. The third kappa shape index (κ3) is 4.54. The largest absolute Gasteiger partial charge is 0.401 e. The molecule has 0 unspecified atom stereocenters. The molecular weight excluding hydrogens is 330 g/mol. The lowest BCUT2D eigenvalue weighted by Crippen LogP contribution is -2.48. The standard InChI is InChI=1S/C19H27N5O2/c1-2-15(20)12-24(21)11-13-8-16(9-13)22-19(25)18-10-17(23-26-18)14-6-4-3-5-7-14/h4,6-7,10,12-13,16H,2-3,5,8-9,11,20-21H2,1H3,(H,22,25)/b15-12-/t13-,16+. The Morgan fingerprint density at radius 3 is 2.96 bits per heavy atom. The summed E-state index contributed by atoms with van der Waals surface area (Å²) in [5, 5.41) is 8.63. The predicted octanol–water partition coefficient (Wildman–Crippen LogP) is 2.30. The first kappa shape index (κ1) is 18.3. The fourth-order valence-electron chi connectivity index (χ4n) is 3.24. The molecule has 7 heteroatoms. The van der Waals surface area contributed by atoms with E-state index in [1.807, 2.05) is 13.0 Å². The highest BCUT2D eigenvalue weighted by Crippen LogP contribution is 2.28. The third-order valence-electron chi connectivity index (χ3n) is 4.80. The first-order valence-electron chi connectivity index (χ1n) is 9.17. The topological polar surface area (TPSA) is 110 Å². The van der Waals surface area contributed by atoms with Gasteiger partial charge in [0.05, 0.1) is 0 Å². The van der Waals surface area contributed by atoms with Crippen LogP contribution in [-0.2, 0) is 0 Å². The Balaban J connectivity index is 1.45. The molecule has 1 heterocycles. The lowest BCUT2D eigenvalue weighted by molar-refractivity contribution is 0.0837. The van der Waals surface area contributed by atoms with Crippen LogP contribution in [0.2, 0.25) is 0 Å². The van der Waals surface area contributed by atoms with Crippen LogP contribution in [0, 0.1) is 5.92 Å². The highest BCUT2D eigenvalue weighted by molar-refractivity contribution is 5.92. The Hall–Kier alpha value is -2.54. The SMILES string of the molecule is CC/C(N)=C/N(N)C[C@H]1C[C@@H](NC(=O)c2cc(C3=CCCC=C3)no2)C1. The van der Waals surface area contributed by atoms with Gasteiger partial charge in [0.15, 0.2) is 0 Å². The van der Waals surface area contributed by atoms with Crippen LogP contribution in [-0.4, -0.2) is 28.7 Å². The molecule has 5 N–H and O–H groups in total. The van der Waals surface area contributed by atoms with Crippen molar-refractivity contribution in [2.24, 2.45) is 17.5 Å². The van der Waals surface area contributed by atoms with Crippen molar-refractivity contribution in [1.82, 2.24) is 15.5 Å². The van der Waals surface area contributed by atoms with Crippen LogP contribution in [0.3, 0.4) is 0 Å². The van der Waals surface area contributed by atoms with Gasteiger partial charge in [0.2, 0.25) is 5.76 Å². The maximum absolute atomic E-state index is 12.3. The molecule has 0 atom stereocenters. The average Bonchev–Trinajstić information content (AvgIpc) is 3.10. The van der Waals surface area contributed by atoms with E-state index >= 15 is 0 Å². The van der Waals surface area contributed by atoms with E-state index in [0.29, 0.717) is 11.6 Å². The molecule has 7 nitrogen and oxygen atoms in total. The zero-order chi connectivity index (χ0) is 18.5. The monoisotopic (exact) mass is 357 g/mol. The first-order chi connectivity index (χ1) is 12.5. The number of nitrogens with zero attached hydrogens (tertiary/aromatic N) is 2. The van der Waals surface area contributed by atoms with E-state index in [1.165, 1.54) is 0 Å². The number of amides is 1. The molecule has 1 aromatic heterocycles. The number of rotatable bonds is 7. The number of aromatic nitrogens is 1. The number of carbonyl (C=O) groups is 1. The highest BCUT2D eigenvalue weighted by atomic mass is 16.5. The van der Waals surface area contributed by atoms with Crippen molar-refractivity contribution in [3.8, 4) is 0 Å². The van der Waals surface area contributed by atoms with E-state index < -0.39 is 0 Å². The Kier molecular flexibility index (Phi) is 5.78. The van der Waals surface area contributed by atoms with Crippen molar-refractivity contribution in [2.75, 3.05) is 6.54 Å². The maximum Gasteiger partial charge on any atom is 0.290 e. The molecule has 1 aromatic rings. The zero-order valence-corrected chi connectivity index (χ0v) is 15.1. The second-order valence-corrected chi connectivity index (χ2v) is 6.98. The minimum Gasteiger partial charge on any atom is -0.401 e. The Bertz CT molecular complexity index is 728. The number of hydrogen-bond donors (Lipinski definition) is 3. The van der Waals surface area contributed by atoms with E-state index in [9.17, 15) is 4.79 Å². The minimum atomic E-state index is -0.215. The van der Waals surface area contributed by atoms with E-state index in [-0.39, 0.29) is 17.7 Å². The summed E-state index contributed by atoms with van der Waals surface area (Å²) in [6.07, 6.45) is 12.6. The van der Waals surface area contributed by atoms with E-state index in [2.05, 4.69) is 22.6 Å². The lowest BCUT2D eigenvalue weighted by atomic mass is 9.80. The number of nitrogens with one attached hydrogen (secondary N) is 1. The summed E-state index contributed by atoms with van der Waals surface area (Å²) in [6.45, 7) is 2.73. The molecule has 140 valence electrons. The van der Waals surface area contributed by atoms with Crippen molar-refractivity contribution in [3.05, 3.63) is 47.6 Å². The number of nitrogens with two attached hydrogens (primary N) is 2. The summed E-state index contributed by atoms with van der Waals surface area (Å²) < 4.78 is 5.21. The molecule has 3 rings (SSSR count). The normalized spacial score (nSPS) is 22.5. The zero-order valence-electron chi connectivity index (χ0n) is 15.1. The summed E-state index contributed by atoms with van der Waals surface area (Å²) in [5.74, 6) is 6.42. The first-order valence-corrected chi connectivity index (χ1v) is 9.17. The lowest BCUT2D eigenvalue weighted by Gasteiger charge is -2.37. The third-order valence-corrected chi connectivity index (χ3v) is 4.80. The molecule has 0 bridgehead atoms. The molecule has 0 saturated heterocycles. The van der Waals surface area contributed by atoms with Gasteiger partial charge in [-0.25, -0.2) is 5.84 Å². The summed E-state index contributed by atoms with van der Waals surface area (Å²) in [7, 11) is 0. The predicted molar refractivity (Wildman–Crippen MR) is 100 cm³/mol. The van der Waals surface area contributed by atoms with Crippen LogP contribution in [0.5, 0.6) is 0 Å². The quantitative estimate of drug-likeness (QED) is 0.510. The number of hydrogen-bond acceptors (Lipinski definition) is 6. The van der Waals surface area contributed by atoms with Gasteiger partial charge in [-0.05, 0) is 43.6 Å². The van der Waals surface area contributed by atoms with Gasteiger partial charge in [0.25, 0.3) is 5.91 Å². The molecule has 0 spiro atoms. The van der Waals surface area contributed by atoms with Crippen molar-refractivity contribution in [1.29, 1.82) is 0 Å². The molecule has 2 aliphatic rings. The average molecular weight is 357 g/mol. The van der Waals surface area contributed by atoms with Gasteiger partial charge in [-0.2, -0.15) is 0 Å². The van der Waals surface area contributed by atoms with E-state index in [4.69, 9.17) is 16.1 Å². The smallest absolute Gasteiger partial charge is 0.290 e. The fraction of sp³-hybridized carbons (Fsp3) is 0.474. The molecule has 2 aliphatic carbocycles. The van der Waals surface area contributed by atoms with Gasteiger partial charge in [0.1, 0.15) is 5.69 Å². The van der Waals surface area contributed by atoms with Gasteiger partial charge in [-0.15, -0.1) is 0 Å². The van der Waals surface area contributed by atoms with Crippen LogP contribution < -0.4 is 16.9 Å². The second kappa shape index (κ2) is 8.23. The van der Waals surface area contributed by atoms with E-state index in [0.717, 1.165) is 49.9 Å². The number of allylic oxidation sites excluding steroid dienone is 5. The van der Waals surface area contributed by atoms with Crippen LogP contribution in [0.4, 0.5) is 0 Å². The van der Waals surface area contributed by atoms with Crippen LogP contribution in [0.15, 0.2) is 40.7 Å². The van der Waals surface area contributed by atoms with E-state index in [1.54, 1.807) is 17.3 Å². The van der Waals surface area contributed by atoms with Crippen LogP contribution >= 0.6 is 0 Å².